The largest absolute Gasteiger partial charge is 0.493 e. The molecule has 138 valence electrons. The highest BCUT2D eigenvalue weighted by Crippen LogP contribution is 2.39. The van der Waals surface area contributed by atoms with Crippen LogP contribution in [0.5, 0.6) is 17.2 Å². The lowest BCUT2D eigenvalue weighted by molar-refractivity contribution is 0.324. The van der Waals surface area contributed by atoms with E-state index < -0.39 is 0 Å². The standard InChI is InChI=1S/C19H18N4O3S/c1-24-15-9-13(10-16(25-2)17(15)26-3)14-11-27-19-21-20-18(23(19)22-14)12-7-5-4-6-8-12/h4-10H,11H2,1-3H3. The molecule has 1 aliphatic rings. The molecule has 0 N–H and O–H groups in total. The Kier molecular flexibility index (Phi) is 4.72. The Morgan fingerprint density at radius 2 is 1.59 bits per heavy atom. The van der Waals surface area contributed by atoms with E-state index in [4.69, 9.17) is 19.3 Å². The first-order valence-electron chi connectivity index (χ1n) is 8.27. The van der Waals surface area contributed by atoms with Gasteiger partial charge in [-0.1, -0.05) is 42.1 Å². The third kappa shape index (κ3) is 3.12. The highest BCUT2D eigenvalue weighted by Gasteiger charge is 2.23. The van der Waals surface area contributed by atoms with E-state index >= 15 is 0 Å². The Bertz CT molecular complexity index is 976. The first-order chi connectivity index (χ1) is 13.2. The van der Waals surface area contributed by atoms with E-state index in [1.54, 1.807) is 37.8 Å². The second-order valence-corrected chi connectivity index (χ2v) is 6.68. The van der Waals surface area contributed by atoms with Gasteiger partial charge in [0.1, 0.15) is 0 Å². The van der Waals surface area contributed by atoms with Gasteiger partial charge in [0.2, 0.25) is 10.9 Å². The molecule has 0 saturated heterocycles. The van der Waals surface area contributed by atoms with Gasteiger partial charge in [0.05, 0.1) is 27.0 Å². The lowest BCUT2D eigenvalue weighted by Gasteiger charge is -2.17. The summed E-state index contributed by atoms with van der Waals surface area (Å²) < 4.78 is 18.1. The van der Waals surface area contributed by atoms with Crippen molar-refractivity contribution in [3.63, 3.8) is 0 Å². The van der Waals surface area contributed by atoms with Gasteiger partial charge in [-0.2, -0.15) is 9.78 Å². The van der Waals surface area contributed by atoms with Crippen molar-refractivity contribution in [2.45, 2.75) is 5.16 Å². The SMILES string of the molecule is COc1cc(C2=Nn3c(nnc3-c3ccccc3)SC2)cc(OC)c1OC. The minimum atomic E-state index is 0.558. The highest BCUT2D eigenvalue weighted by atomic mass is 32.2. The second-order valence-electron chi connectivity index (χ2n) is 5.73. The van der Waals surface area contributed by atoms with Crippen LogP contribution >= 0.6 is 11.8 Å². The number of methoxy groups -OCH3 is 3. The zero-order valence-corrected chi connectivity index (χ0v) is 16.0. The molecule has 0 radical (unpaired) electrons. The van der Waals surface area contributed by atoms with Crippen LogP contribution in [0.2, 0.25) is 0 Å². The summed E-state index contributed by atoms with van der Waals surface area (Å²) in [6.45, 7) is 0. The third-order valence-corrected chi connectivity index (χ3v) is 5.13. The predicted molar refractivity (Wildman–Crippen MR) is 104 cm³/mol. The van der Waals surface area contributed by atoms with Crippen molar-refractivity contribution < 1.29 is 14.2 Å². The maximum atomic E-state index is 5.46. The van der Waals surface area contributed by atoms with Crippen molar-refractivity contribution in [3.05, 3.63) is 48.0 Å². The summed E-state index contributed by atoms with van der Waals surface area (Å²) in [5, 5.41) is 14.1. The summed E-state index contributed by atoms with van der Waals surface area (Å²) in [6, 6.07) is 13.7. The average Bonchev–Trinajstić information content (AvgIpc) is 3.16. The van der Waals surface area contributed by atoms with Crippen LogP contribution < -0.4 is 14.2 Å². The molecule has 0 fully saturated rings. The number of hydrogen-bond donors (Lipinski definition) is 0. The van der Waals surface area contributed by atoms with Crippen molar-refractivity contribution >= 4 is 17.5 Å². The molecule has 0 unspecified atom stereocenters. The topological polar surface area (TPSA) is 70.8 Å². The number of ether oxygens (including phenoxy) is 3. The fraction of sp³-hybridized carbons (Fsp3) is 0.211. The van der Waals surface area contributed by atoms with Crippen molar-refractivity contribution in [2.24, 2.45) is 5.10 Å². The van der Waals surface area contributed by atoms with E-state index in [1.807, 2.05) is 42.5 Å². The van der Waals surface area contributed by atoms with E-state index in [1.165, 1.54) is 0 Å². The molecule has 0 atom stereocenters. The van der Waals surface area contributed by atoms with Gasteiger partial charge in [-0.05, 0) is 12.1 Å². The first-order valence-corrected chi connectivity index (χ1v) is 9.25. The van der Waals surface area contributed by atoms with E-state index in [2.05, 4.69) is 10.2 Å². The molecule has 0 bridgehead atoms. The molecular formula is C19H18N4O3S. The lowest BCUT2D eigenvalue weighted by atomic mass is 10.1. The van der Waals surface area contributed by atoms with Gasteiger partial charge in [-0.3, -0.25) is 0 Å². The van der Waals surface area contributed by atoms with E-state index in [-0.39, 0.29) is 0 Å². The van der Waals surface area contributed by atoms with Gasteiger partial charge < -0.3 is 14.2 Å². The minimum Gasteiger partial charge on any atom is -0.493 e. The predicted octanol–water partition coefficient (Wildman–Crippen LogP) is 3.33. The summed E-state index contributed by atoms with van der Waals surface area (Å²) in [5.41, 5.74) is 2.74. The molecule has 2 heterocycles. The molecule has 27 heavy (non-hydrogen) atoms. The third-order valence-electron chi connectivity index (χ3n) is 4.20. The molecule has 8 heteroatoms. The Morgan fingerprint density at radius 3 is 2.22 bits per heavy atom. The Labute approximate surface area is 161 Å². The van der Waals surface area contributed by atoms with Gasteiger partial charge >= 0.3 is 0 Å². The number of aromatic nitrogens is 3. The van der Waals surface area contributed by atoms with Crippen molar-refractivity contribution in [1.82, 2.24) is 14.9 Å². The van der Waals surface area contributed by atoms with Gasteiger partial charge in [-0.15, -0.1) is 10.2 Å². The molecule has 1 aliphatic heterocycles. The summed E-state index contributed by atoms with van der Waals surface area (Å²) in [5.74, 6) is 3.13. The van der Waals surface area contributed by atoms with E-state index in [9.17, 15) is 0 Å². The molecule has 3 aromatic rings. The number of fused-ring (bicyclic) bond motifs is 1. The highest BCUT2D eigenvalue weighted by molar-refractivity contribution is 7.99. The normalized spacial score (nSPS) is 12.9. The molecule has 0 saturated carbocycles. The van der Waals surface area contributed by atoms with Gasteiger partial charge in [0, 0.05) is 16.9 Å². The van der Waals surface area contributed by atoms with E-state index in [0.717, 1.165) is 22.0 Å². The summed E-state index contributed by atoms with van der Waals surface area (Å²) in [4.78, 5) is 0. The molecular weight excluding hydrogens is 364 g/mol. The average molecular weight is 382 g/mol. The maximum Gasteiger partial charge on any atom is 0.212 e. The Morgan fingerprint density at radius 1 is 0.889 bits per heavy atom. The number of thioether (sulfide) groups is 1. The fourth-order valence-electron chi connectivity index (χ4n) is 2.88. The molecule has 0 aliphatic carbocycles. The minimum absolute atomic E-state index is 0.558. The fourth-order valence-corrected chi connectivity index (χ4v) is 3.72. The van der Waals surface area contributed by atoms with Crippen LogP contribution in [0, 0.1) is 0 Å². The Balaban J connectivity index is 1.81. The maximum absolute atomic E-state index is 5.46. The molecule has 0 spiro atoms. The number of nitrogens with zero attached hydrogens (tertiary/aromatic N) is 4. The molecule has 0 amide bonds. The quantitative estimate of drug-likeness (QED) is 0.674. The number of rotatable bonds is 5. The molecule has 7 nitrogen and oxygen atoms in total. The van der Waals surface area contributed by atoms with Crippen LogP contribution in [0.4, 0.5) is 0 Å². The Hall–Kier alpha value is -3.00. The van der Waals surface area contributed by atoms with E-state index in [0.29, 0.717) is 28.8 Å². The van der Waals surface area contributed by atoms with Gasteiger partial charge in [0.25, 0.3) is 0 Å². The number of benzene rings is 2. The molecule has 1 aromatic heterocycles. The molecule has 2 aromatic carbocycles. The van der Waals surface area contributed by atoms with Crippen LogP contribution in [-0.4, -0.2) is 47.7 Å². The zero-order chi connectivity index (χ0) is 18.8. The molecule has 4 rings (SSSR count). The summed E-state index contributed by atoms with van der Waals surface area (Å²) in [6.07, 6.45) is 0. The van der Waals surface area contributed by atoms with Crippen molar-refractivity contribution in [3.8, 4) is 28.6 Å². The van der Waals surface area contributed by atoms with Crippen molar-refractivity contribution in [2.75, 3.05) is 27.1 Å². The number of hydrogen-bond acceptors (Lipinski definition) is 7. The van der Waals surface area contributed by atoms with Crippen LogP contribution in [0.15, 0.2) is 52.7 Å². The zero-order valence-electron chi connectivity index (χ0n) is 15.2. The first kappa shape index (κ1) is 17.4. The van der Waals surface area contributed by atoms with Crippen LogP contribution in [0.25, 0.3) is 11.4 Å². The van der Waals surface area contributed by atoms with Crippen LogP contribution in [0.1, 0.15) is 5.56 Å². The second kappa shape index (κ2) is 7.32. The van der Waals surface area contributed by atoms with Crippen LogP contribution in [0.3, 0.4) is 0 Å². The lowest BCUT2D eigenvalue weighted by Crippen LogP contribution is -2.14. The van der Waals surface area contributed by atoms with Crippen molar-refractivity contribution in [1.29, 1.82) is 0 Å². The van der Waals surface area contributed by atoms with Gasteiger partial charge in [0.15, 0.2) is 17.3 Å². The van der Waals surface area contributed by atoms with Crippen LogP contribution in [-0.2, 0) is 0 Å². The summed E-state index contributed by atoms with van der Waals surface area (Å²) in [7, 11) is 4.79. The van der Waals surface area contributed by atoms with Gasteiger partial charge in [-0.25, -0.2) is 0 Å². The smallest absolute Gasteiger partial charge is 0.212 e. The summed E-state index contributed by atoms with van der Waals surface area (Å²) >= 11 is 1.59. The monoisotopic (exact) mass is 382 g/mol.